The molecule has 0 amide bonds. The van der Waals surface area contributed by atoms with Gasteiger partial charge in [-0.15, -0.1) is 0 Å². The van der Waals surface area contributed by atoms with Crippen LogP contribution in [0.15, 0.2) is 18.2 Å². The van der Waals surface area contributed by atoms with Crippen LogP contribution in [0.4, 0.5) is 13.2 Å². The van der Waals surface area contributed by atoms with Crippen LogP contribution in [-0.2, 0) is 5.60 Å². The third-order valence-corrected chi connectivity index (χ3v) is 3.06. The van der Waals surface area contributed by atoms with Crippen LogP contribution in [0.25, 0.3) is 0 Å². The molecule has 0 aliphatic heterocycles. The number of halogens is 3. The third-order valence-electron chi connectivity index (χ3n) is 3.06. The number of hydrogen-bond donors (Lipinski definition) is 1. The molecule has 0 fully saturated rings. The molecular formula is C15H21F3O2. The Kier molecular flexibility index (Phi) is 4.44. The predicted molar refractivity (Wildman–Crippen MR) is 71.8 cm³/mol. The zero-order valence-electron chi connectivity index (χ0n) is 12.4. The van der Waals surface area contributed by atoms with Crippen LogP contribution < -0.4 is 4.74 Å². The van der Waals surface area contributed by atoms with Gasteiger partial charge in [-0.25, -0.2) is 0 Å². The van der Waals surface area contributed by atoms with Crippen molar-refractivity contribution in [3.05, 3.63) is 29.3 Å². The second kappa shape index (κ2) is 5.28. The minimum Gasteiger partial charge on any atom is -0.496 e. The van der Waals surface area contributed by atoms with E-state index in [0.29, 0.717) is 5.56 Å². The third kappa shape index (κ3) is 3.45. The van der Waals surface area contributed by atoms with E-state index in [1.54, 1.807) is 33.8 Å². The molecular weight excluding hydrogens is 269 g/mol. The van der Waals surface area contributed by atoms with Gasteiger partial charge in [-0.05, 0) is 30.9 Å². The Bertz CT molecular complexity index is 475. The zero-order valence-corrected chi connectivity index (χ0v) is 12.4. The van der Waals surface area contributed by atoms with E-state index >= 15 is 0 Å². The maximum absolute atomic E-state index is 13.5. The van der Waals surface area contributed by atoms with Gasteiger partial charge in [0.05, 0.1) is 7.11 Å². The summed E-state index contributed by atoms with van der Waals surface area (Å²) in [5.41, 5.74) is -3.22. The maximum Gasteiger partial charge on any atom is 0.421 e. The van der Waals surface area contributed by atoms with Crippen LogP contribution in [0.2, 0.25) is 0 Å². The number of benzene rings is 1. The molecule has 0 radical (unpaired) electrons. The van der Waals surface area contributed by atoms with E-state index in [4.69, 9.17) is 4.74 Å². The quantitative estimate of drug-likeness (QED) is 0.904. The first-order chi connectivity index (χ1) is 8.90. The normalized spacial score (nSPS) is 15.8. The summed E-state index contributed by atoms with van der Waals surface area (Å²) in [5.74, 6) is 0.0414. The summed E-state index contributed by atoms with van der Waals surface area (Å²) in [6.07, 6.45) is -5.22. The summed E-state index contributed by atoms with van der Waals surface area (Å²) in [7, 11) is 1.29. The number of ether oxygens (including phenoxy) is 1. The van der Waals surface area contributed by atoms with Gasteiger partial charge in [0.2, 0.25) is 0 Å². The number of rotatable bonds is 3. The highest BCUT2D eigenvalue weighted by atomic mass is 19.4. The van der Waals surface area contributed by atoms with Crippen molar-refractivity contribution in [3.8, 4) is 5.75 Å². The first-order valence-corrected chi connectivity index (χ1v) is 6.35. The van der Waals surface area contributed by atoms with Crippen LogP contribution in [0.5, 0.6) is 5.75 Å². The van der Waals surface area contributed by atoms with Crippen LogP contribution in [-0.4, -0.2) is 18.4 Å². The molecule has 0 spiro atoms. The van der Waals surface area contributed by atoms with Crippen molar-refractivity contribution in [1.82, 2.24) is 0 Å². The molecule has 1 atom stereocenters. The average molecular weight is 290 g/mol. The number of hydrogen-bond acceptors (Lipinski definition) is 2. The van der Waals surface area contributed by atoms with Gasteiger partial charge in [-0.3, -0.25) is 0 Å². The summed E-state index contributed by atoms with van der Waals surface area (Å²) in [4.78, 5) is 0. The van der Waals surface area contributed by atoms with E-state index < -0.39 is 23.6 Å². The lowest BCUT2D eigenvalue weighted by Crippen LogP contribution is -2.45. The van der Waals surface area contributed by atoms with Crippen molar-refractivity contribution in [1.29, 1.82) is 0 Å². The molecule has 20 heavy (non-hydrogen) atoms. The molecule has 114 valence electrons. The fourth-order valence-corrected chi connectivity index (χ4v) is 2.26. The first-order valence-electron chi connectivity index (χ1n) is 6.35. The molecule has 1 aromatic rings. The van der Waals surface area contributed by atoms with Gasteiger partial charge in [0.15, 0.2) is 5.60 Å². The Morgan fingerprint density at radius 3 is 2.10 bits per heavy atom. The molecule has 1 aromatic carbocycles. The Morgan fingerprint density at radius 2 is 1.70 bits per heavy atom. The van der Waals surface area contributed by atoms with E-state index in [0.717, 1.165) is 0 Å². The first kappa shape index (κ1) is 16.8. The summed E-state index contributed by atoms with van der Waals surface area (Å²) >= 11 is 0. The molecule has 0 saturated carbocycles. The van der Waals surface area contributed by atoms with Gasteiger partial charge in [-0.2, -0.15) is 13.2 Å². The Hall–Kier alpha value is -1.23. The molecule has 0 bridgehead atoms. The standard InChI is InChI=1S/C15H21F3O2/c1-10-6-7-12(20-5)11(8-10)14(19,15(16,17)18)9-13(2,3)4/h6-8,19H,9H2,1-5H3. The highest BCUT2D eigenvalue weighted by Crippen LogP contribution is 2.49. The molecule has 2 nitrogen and oxygen atoms in total. The van der Waals surface area contributed by atoms with Crippen molar-refractivity contribution in [2.24, 2.45) is 5.41 Å². The zero-order chi connectivity index (χ0) is 15.8. The van der Waals surface area contributed by atoms with E-state index in [1.807, 2.05) is 0 Å². The smallest absolute Gasteiger partial charge is 0.421 e. The fraction of sp³-hybridized carbons (Fsp3) is 0.600. The Balaban J connectivity index is 3.50. The molecule has 0 aromatic heterocycles. The lowest BCUT2D eigenvalue weighted by atomic mass is 9.77. The molecule has 1 N–H and O–H groups in total. The molecule has 0 aliphatic rings. The van der Waals surface area contributed by atoms with Crippen molar-refractivity contribution in [2.75, 3.05) is 7.11 Å². The van der Waals surface area contributed by atoms with Gasteiger partial charge < -0.3 is 9.84 Å². The Morgan fingerprint density at radius 1 is 1.15 bits per heavy atom. The van der Waals surface area contributed by atoms with Crippen LogP contribution >= 0.6 is 0 Å². The highest BCUT2D eigenvalue weighted by Gasteiger charge is 2.57. The van der Waals surface area contributed by atoms with E-state index in [2.05, 4.69) is 0 Å². The van der Waals surface area contributed by atoms with Gasteiger partial charge in [-0.1, -0.05) is 32.4 Å². The van der Waals surface area contributed by atoms with Crippen molar-refractivity contribution >= 4 is 0 Å². The van der Waals surface area contributed by atoms with E-state index in [9.17, 15) is 18.3 Å². The minimum atomic E-state index is -4.78. The number of methoxy groups -OCH3 is 1. The predicted octanol–water partition coefficient (Wildman–Crippen LogP) is 4.19. The topological polar surface area (TPSA) is 29.5 Å². The average Bonchev–Trinajstić information content (AvgIpc) is 2.25. The van der Waals surface area contributed by atoms with Gasteiger partial charge in [0.1, 0.15) is 5.75 Å². The SMILES string of the molecule is COc1ccc(C)cc1C(O)(CC(C)(C)C)C(F)(F)F. The molecule has 0 aliphatic carbocycles. The number of aryl methyl sites for hydroxylation is 1. The van der Waals surface area contributed by atoms with Crippen LogP contribution in [0, 0.1) is 12.3 Å². The van der Waals surface area contributed by atoms with Gasteiger partial charge in [0.25, 0.3) is 0 Å². The largest absolute Gasteiger partial charge is 0.496 e. The fourth-order valence-electron chi connectivity index (χ4n) is 2.26. The van der Waals surface area contributed by atoms with Gasteiger partial charge in [0, 0.05) is 5.56 Å². The second-order valence-electron chi connectivity index (χ2n) is 6.30. The Labute approximate surface area is 117 Å². The van der Waals surface area contributed by atoms with Gasteiger partial charge >= 0.3 is 6.18 Å². The maximum atomic E-state index is 13.5. The summed E-state index contributed by atoms with van der Waals surface area (Å²) < 4.78 is 45.4. The van der Waals surface area contributed by atoms with Crippen molar-refractivity contribution < 1.29 is 23.0 Å². The van der Waals surface area contributed by atoms with Crippen molar-refractivity contribution in [3.63, 3.8) is 0 Å². The molecule has 1 rings (SSSR count). The van der Waals surface area contributed by atoms with Crippen LogP contribution in [0.1, 0.15) is 38.3 Å². The summed E-state index contributed by atoms with van der Waals surface area (Å²) in [6.45, 7) is 6.65. The molecule has 1 unspecified atom stereocenters. The lowest BCUT2D eigenvalue weighted by Gasteiger charge is -2.37. The molecule has 0 heterocycles. The monoisotopic (exact) mass is 290 g/mol. The summed E-state index contributed by atoms with van der Waals surface area (Å²) in [5, 5.41) is 10.4. The lowest BCUT2D eigenvalue weighted by molar-refractivity contribution is -0.276. The highest BCUT2D eigenvalue weighted by molar-refractivity contribution is 5.42. The second-order valence-corrected chi connectivity index (χ2v) is 6.30. The van der Waals surface area contributed by atoms with E-state index in [1.165, 1.54) is 19.2 Å². The van der Waals surface area contributed by atoms with Crippen LogP contribution in [0.3, 0.4) is 0 Å². The van der Waals surface area contributed by atoms with Crippen molar-refractivity contribution in [2.45, 2.75) is 45.9 Å². The number of alkyl halides is 3. The number of aliphatic hydroxyl groups is 1. The minimum absolute atomic E-state index is 0.0414. The summed E-state index contributed by atoms with van der Waals surface area (Å²) in [6, 6.07) is 4.43. The molecule has 0 saturated heterocycles. The molecule has 5 heteroatoms. The van der Waals surface area contributed by atoms with E-state index in [-0.39, 0.29) is 11.3 Å².